The molecule has 7 nitrogen and oxygen atoms in total. The molecule has 30 heavy (non-hydrogen) atoms. The van der Waals surface area contributed by atoms with Gasteiger partial charge in [-0.15, -0.1) is 0 Å². The number of hydrogen-bond acceptors (Lipinski definition) is 6. The van der Waals surface area contributed by atoms with Crippen LogP contribution in [0.2, 0.25) is 5.02 Å². The number of pyridine rings is 1. The smallest absolute Gasteiger partial charge is 0.254 e. The van der Waals surface area contributed by atoms with Gasteiger partial charge in [0.15, 0.2) is 0 Å². The van der Waals surface area contributed by atoms with Crippen molar-refractivity contribution in [2.75, 3.05) is 19.0 Å². The van der Waals surface area contributed by atoms with Crippen molar-refractivity contribution >= 4 is 23.2 Å². The van der Waals surface area contributed by atoms with Crippen LogP contribution in [0, 0.1) is 0 Å². The number of ether oxygens (including phenoxy) is 2. The molecule has 3 rings (SSSR count). The van der Waals surface area contributed by atoms with Crippen LogP contribution in [0.1, 0.15) is 31.9 Å². The van der Waals surface area contributed by atoms with E-state index in [9.17, 15) is 4.79 Å². The van der Waals surface area contributed by atoms with E-state index in [1.54, 1.807) is 12.3 Å². The van der Waals surface area contributed by atoms with E-state index < -0.39 is 0 Å². The average Bonchev–Trinajstić information content (AvgIpc) is 2.75. The summed E-state index contributed by atoms with van der Waals surface area (Å²) in [6.07, 6.45) is 4.86. The van der Waals surface area contributed by atoms with Gasteiger partial charge >= 0.3 is 0 Å². The number of benzene rings is 1. The number of unbranched alkanes of at least 4 members (excludes halogenated alkanes) is 2. The molecule has 2 aromatic heterocycles. The van der Waals surface area contributed by atoms with Gasteiger partial charge in [-0.2, -0.15) is 4.98 Å². The predicted octanol–water partition coefficient (Wildman–Crippen LogP) is 4.66. The van der Waals surface area contributed by atoms with Gasteiger partial charge in [0, 0.05) is 18.0 Å². The second-order valence-corrected chi connectivity index (χ2v) is 7.07. The van der Waals surface area contributed by atoms with Crippen LogP contribution in [0.15, 0.2) is 53.5 Å². The molecule has 158 valence electrons. The first-order chi connectivity index (χ1) is 14.6. The van der Waals surface area contributed by atoms with Gasteiger partial charge in [-0.1, -0.05) is 49.6 Å². The monoisotopic (exact) mass is 428 g/mol. The summed E-state index contributed by atoms with van der Waals surface area (Å²) in [5.41, 5.74) is 1.10. The Balaban J connectivity index is 1.79. The molecule has 2 heterocycles. The fourth-order valence-electron chi connectivity index (χ4n) is 2.83. The highest BCUT2D eigenvalue weighted by Crippen LogP contribution is 2.28. The zero-order valence-electron chi connectivity index (χ0n) is 17.1. The minimum atomic E-state index is -0.200. The molecule has 1 aromatic carbocycles. The summed E-state index contributed by atoms with van der Waals surface area (Å²) in [5, 5.41) is 3.39. The molecule has 0 saturated heterocycles. The molecule has 0 unspecified atom stereocenters. The van der Waals surface area contributed by atoms with Gasteiger partial charge in [0.2, 0.25) is 11.8 Å². The van der Waals surface area contributed by atoms with E-state index >= 15 is 0 Å². The molecule has 0 spiro atoms. The Bertz CT molecular complexity index is 1020. The third-order valence-electron chi connectivity index (χ3n) is 4.42. The summed E-state index contributed by atoms with van der Waals surface area (Å²) < 4.78 is 12.4. The van der Waals surface area contributed by atoms with Crippen molar-refractivity contribution in [1.29, 1.82) is 0 Å². The topological polar surface area (TPSA) is 78.3 Å². The third-order valence-corrected chi connectivity index (χ3v) is 4.80. The van der Waals surface area contributed by atoms with Crippen molar-refractivity contribution in [3.63, 3.8) is 0 Å². The quantitative estimate of drug-likeness (QED) is 0.473. The van der Waals surface area contributed by atoms with E-state index in [1.807, 2.05) is 30.3 Å². The van der Waals surface area contributed by atoms with Crippen LogP contribution < -0.4 is 20.3 Å². The lowest BCUT2D eigenvalue weighted by Crippen LogP contribution is -2.20. The molecular weight excluding hydrogens is 404 g/mol. The number of rotatable bonds is 10. The number of para-hydroxylation sites is 1. The van der Waals surface area contributed by atoms with E-state index in [2.05, 4.69) is 22.2 Å². The molecule has 0 bridgehead atoms. The Morgan fingerprint density at radius 3 is 2.63 bits per heavy atom. The van der Waals surface area contributed by atoms with E-state index in [1.165, 1.54) is 17.7 Å². The highest BCUT2D eigenvalue weighted by molar-refractivity contribution is 6.32. The minimum Gasteiger partial charge on any atom is -0.493 e. The summed E-state index contributed by atoms with van der Waals surface area (Å²) in [5.74, 6) is 1.13. The Kier molecular flexibility index (Phi) is 7.68. The molecule has 0 aliphatic rings. The number of hydrogen-bond donors (Lipinski definition) is 1. The van der Waals surface area contributed by atoms with Crippen molar-refractivity contribution in [3.05, 3.63) is 69.7 Å². The first-order valence-corrected chi connectivity index (χ1v) is 10.2. The van der Waals surface area contributed by atoms with Gasteiger partial charge in [0.05, 0.1) is 26.0 Å². The maximum absolute atomic E-state index is 12.5. The van der Waals surface area contributed by atoms with Gasteiger partial charge in [-0.05, 0) is 24.6 Å². The molecule has 0 aliphatic heterocycles. The van der Waals surface area contributed by atoms with Crippen LogP contribution in [0.25, 0.3) is 0 Å². The first kappa shape index (κ1) is 21.6. The summed E-state index contributed by atoms with van der Waals surface area (Å²) >= 11 is 6.40. The number of halogens is 1. The largest absolute Gasteiger partial charge is 0.493 e. The van der Waals surface area contributed by atoms with Gasteiger partial charge < -0.3 is 19.4 Å². The van der Waals surface area contributed by atoms with Crippen LogP contribution >= 0.6 is 11.6 Å². The maximum atomic E-state index is 12.5. The molecular formula is C22H25ClN4O3. The Labute approximate surface area is 180 Å². The number of nitrogens with zero attached hydrogens (tertiary/aromatic N) is 3. The molecule has 0 amide bonds. The van der Waals surface area contributed by atoms with E-state index in [0.717, 1.165) is 24.9 Å². The van der Waals surface area contributed by atoms with Crippen LogP contribution in [0.5, 0.6) is 11.6 Å². The highest BCUT2D eigenvalue weighted by atomic mass is 35.5. The zero-order valence-corrected chi connectivity index (χ0v) is 17.9. The first-order valence-electron chi connectivity index (χ1n) is 9.86. The van der Waals surface area contributed by atoms with E-state index in [4.69, 9.17) is 21.1 Å². The molecule has 0 radical (unpaired) electrons. The van der Waals surface area contributed by atoms with Crippen LogP contribution in [0.3, 0.4) is 0 Å². The van der Waals surface area contributed by atoms with E-state index in [0.29, 0.717) is 24.0 Å². The summed E-state index contributed by atoms with van der Waals surface area (Å²) in [7, 11) is 1.49. The molecule has 0 aliphatic carbocycles. The Morgan fingerprint density at radius 2 is 1.93 bits per heavy atom. The van der Waals surface area contributed by atoms with Crippen LogP contribution in [-0.4, -0.2) is 28.3 Å². The van der Waals surface area contributed by atoms with Crippen molar-refractivity contribution in [2.24, 2.45) is 0 Å². The Morgan fingerprint density at radius 1 is 1.13 bits per heavy atom. The van der Waals surface area contributed by atoms with Gasteiger partial charge in [0.1, 0.15) is 10.8 Å². The molecule has 0 atom stereocenters. The molecule has 0 saturated carbocycles. The van der Waals surface area contributed by atoms with E-state index in [-0.39, 0.29) is 23.0 Å². The number of anilines is 2. The predicted molar refractivity (Wildman–Crippen MR) is 118 cm³/mol. The second-order valence-electron chi connectivity index (χ2n) is 6.69. The lowest BCUT2D eigenvalue weighted by molar-refractivity contribution is 0.305. The normalized spacial score (nSPS) is 10.6. The van der Waals surface area contributed by atoms with Gasteiger partial charge in [-0.25, -0.2) is 4.98 Å². The highest BCUT2D eigenvalue weighted by Gasteiger charge is 2.15. The zero-order chi connectivity index (χ0) is 21.3. The van der Waals surface area contributed by atoms with Crippen molar-refractivity contribution in [3.8, 4) is 11.6 Å². The SMILES string of the molecule is CCCCCOc1ccn(Cc2nc(Nc3ccccc3)nc(OC)c2Cl)c(=O)c1. The maximum Gasteiger partial charge on any atom is 0.254 e. The van der Waals surface area contributed by atoms with Gasteiger partial charge in [-0.3, -0.25) is 4.79 Å². The summed E-state index contributed by atoms with van der Waals surface area (Å²) in [6.45, 7) is 2.91. The second kappa shape index (κ2) is 10.6. The average molecular weight is 429 g/mol. The molecule has 8 heteroatoms. The standard InChI is InChI=1S/C22H25ClN4O3/c1-3-4-8-13-30-17-11-12-27(19(28)14-17)15-18-20(23)21(29-2)26-22(25-18)24-16-9-6-5-7-10-16/h5-7,9-12,14H,3-4,8,13,15H2,1-2H3,(H,24,25,26). The fourth-order valence-corrected chi connectivity index (χ4v) is 3.05. The fraction of sp³-hybridized carbons (Fsp3) is 0.318. The third kappa shape index (κ3) is 5.73. The van der Waals surface area contributed by atoms with Crippen LogP contribution in [-0.2, 0) is 6.54 Å². The van der Waals surface area contributed by atoms with Gasteiger partial charge in [0.25, 0.3) is 5.56 Å². The summed E-state index contributed by atoms with van der Waals surface area (Å²) in [6, 6.07) is 12.8. The Hall–Kier alpha value is -3.06. The molecule has 3 aromatic rings. The summed E-state index contributed by atoms with van der Waals surface area (Å²) in [4.78, 5) is 21.3. The number of nitrogens with one attached hydrogen (secondary N) is 1. The van der Waals surface area contributed by atoms with Crippen molar-refractivity contribution in [1.82, 2.24) is 14.5 Å². The lowest BCUT2D eigenvalue weighted by Gasteiger charge is -2.13. The number of aromatic nitrogens is 3. The lowest BCUT2D eigenvalue weighted by atomic mass is 10.3. The van der Waals surface area contributed by atoms with Crippen LogP contribution in [0.4, 0.5) is 11.6 Å². The minimum absolute atomic E-state index is 0.177. The number of methoxy groups -OCH3 is 1. The molecule has 1 N–H and O–H groups in total. The molecule has 0 fully saturated rings. The van der Waals surface area contributed by atoms with Crippen molar-refractivity contribution < 1.29 is 9.47 Å². The van der Waals surface area contributed by atoms with Crippen molar-refractivity contribution in [2.45, 2.75) is 32.7 Å².